The Hall–Kier alpha value is -1.00. The topological polar surface area (TPSA) is 35.0 Å². The molecule has 0 spiro atoms. The lowest BCUT2D eigenvalue weighted by atomic mass is 9.88. The first kappa shape index (κ1) is 15.1. The van der Waals surface area contributed by atoms with Crippen molar-refractivity contribution >= 4 is 21.7 Å². The van der Waals surface area contributed by atoms with Crippen molar-refractivity contribution in [2.45, 2.75) is 46.6 Å². The van der Waals surface area contributed by atoms with Gasteiger partial charge in [-0.3, -0.25) is 0 Å². The molecule has 2 aromatic heterocycles. The van der Waals surface area contributed by atoms with Crippen molar-refractivity contribution in [3.63, 3.8) is 0 Å². The van der Waals surface area contributed by atoms with Gasteiger partial charge in [-0.25, -0.2) is 9.97 Å². The van der Waals surface area contributed by atoms with Crippen LogP contribution in [0.4, 0.5) is 0 Å². The molecule has 0 saturated heterocycles. The maximum Gasteiger partial charge on any atom is 0.143 e. The van der Waals surface area contributed by atoms with Crippen LogP contribution in [0.2, 0.25) is 0 Å². The summed E-state index contributed by atoms with van der Waals surface area (Å²) in [4.78, 5) is 9.94. The highest BCUT2D eigenvalue weighted by atomic mass is 32.1. The number of ether oxygens (including phenoxy) is 1. The highest BCUT2D eigenvalue weighted by molar-refractivity contribution is 7.18. The Balaban J connectivity index is 0.000000771. The molecule has 0 N–H and O–H groups in total. The van der Waals surface area contributed by atoms with Crippen molar-refractivity contribution < 1.29 is 4.74 Å². The molecule has 0 radical (unpaired) electrons. The van der Waals surface area contributed by atoms with Gasteiger partial charge in [0.2, 0.25) is 0 Å². The minimum atomic E-state index is 0.117. The lowest BCUT2D eigenvalue weighted by Gasteiger charge is -2.17. The molecule has 4 heteroatoms. The summed E-state index contributed by atoms with van der Waals surface area (Å²) in [6, 6.07) is 2.12. The lowest BCUT2D eigenvalue weighted by molar-refractivity contribution is 0.184. The van der Waals surface area contributed by atoms with E-state index in [9.17, 15) is 0 Å². The van der Waals surface area contributed by atoms with Gasteiger partial charge in [0.05, 0.1) is 6.61 Å². The average molecular weight is 266 g/mol. The van der Waals surface area contributed by atoms with E-state index in [1.807, 2.05) is 20.0 Å². The molecular formula is C14H22N2OS. The van der Waals surface area contributed by atoms with Crippen LogP contribution in [0.3, 0.4) is 0 Å². The molecule has 0 atom stereocenters. The number of hydrogen-bond acceptors (Lipinski definition) is 4. The van der Waals surface area contributed by atoms with Gasteiger partial charge in [-0.2, -0.15) is 0 Å². The van der Waals surface area contributed by atoms with Gasteiger partial charge in [0.1, 0.15) is 15.4 Å². The summed E-state index contributed by atoms with van der Waals surface area (Å²) in [6.45, 7) is 11.1. The molecule has 100 valence electrons. The summed E-state index contributed by atoms with van der Waals surface area (Å²) in [6.07, 6.45) is 1.94. The SMILES string of the molecule is CC.COCc1nc2cc(C(C)(C)C)cnc2s1. The molecular weight excluding hydrogens is 244 g/mol. The zero-order valence-electron chi connectivity index (χ0n) is 12.1. The maximum atomic E-state index is 5.08. The maximum absolute atomic E-state index is 5.08. The zero-order valence-corrected chi connectivity index (χ0v) is 12.9. The van der Waals surface area contributed by atoms with Gasteiger partial charge in [0.25, 0.3) is 0 Å². The van der Waals surface area contributed by atoms with Crippen molar-refractivity contribution in [2.75, 3.05) is 7.11 Å². The fourth-order valence-electron chi connectivity index (χ4n) is 1.46. The summed E-state index contributed by atoms with van der Waals surface area (Å²) in [5.74, 6) is 0. The Bertz CT molecular complexity index is 500. The van der Waals surface area contributed by atoms with E-state index in [0.29, 0.717) is 6.61 Å². The van der Waals surface area contributed by atoms with E-state index in [1.165, 1.54) is 5.56 Å². The second kappa shape index (κ2) is 6.25. The number of fused-ring (bicyclic) bond motifs is 1. The molecule has 0 aliphatic heterocycles. The predicted octanol–water partition coefficient (Wildman–Crippen LogP) is 4.16. The molecule has 18 heavy (non-hydrogen) atoms. The van der Waals surface area contributed by atoms with E-state index in [0.717, 1.165) is 15.4 Å². The van der Waals surface area contributed by atoms with Gasteiger partial charge in [0, 0.05) is 13.3 Å². The van der Waals surface area contributed by atoms with Gasteiger partial charge in [0.15, 0.2) is 0 Å². The number of aromatic nitrogens is 2. The van der Waals surface area contributed by atoms with Gasteiger partial charge in [-0.05, 0) is 17.0 Å². The third kappa shape index (κ3) is 3.50. The number of hydrogen-bond donors (Lipinski definition) is 0. The monoisotopic (exact) mass is 266 g/mol. The van der Waals surface area contributed by atoms with Crippen molar-refractivity contribution in [3.05, 3.63) is 22.8 Å². The summed E-state index contributed by atoms with van der Waals surface area (Å²) in [5, 5.41) is 0.982. The second-order valence-electron chi connectivity index (χ2n) is 4.84. The summed E-state index contributed by atoms with van der Waals surface area (Å²) in [7, 11) is 1.68. The van der Waals surface area contributed by atoms with Crippen molar-refractivity contribution in [1.29, 1.82) is 0 Å². The Morgan fingerprint density at radius 2 is 1.94 bits per heavy atom. The van der Waals surface area contributed by atoms with Crippen LogP contribution in [-0.4, -0.2) is 17.1 Å². The van der Waals surface area contributed by atoms with Crippen molar-refractivity contribution in [3.8, 4) is 0 Å². The molecule has 0 aliphatic carbocycles. The standard InChI is InChI=1S/C12H16N2OS.C2H6/c1-12(2,3)8-5-9-11(13-6-8)16-10(14-9)7-15-4;1-2/h5-6H,7H2,1-4H3;1-2H3. The second-order valence-corrected chi connectivity index (χ2v) is 5.90. The zero-order chi connectivity index (χ0) is 13.8. The van der Waals surface area contributed by atoms with Gasteiger partial charge in [-0.15, -0.1) is 0 Å². The quantitative estimate of drug-likeness (QED) is 0.818. The first-order valence-corrected chi connectivity index (χ1v) is 7.07. The Morgan fingerprint density at radius 1 is 1.28 bits per heavy atom. The fraction of sp³-hybridized carbons (Fsp3) is 0.571. The molecule has 3 nitrogen and oxygen atoms in total. The predicted molar refractivity (Wildman–Crippen MR) is 78.2 cm³/mol. The molecule has 0 amide bonds. The van der Waals surface area contributed by atoms with Crippen LogP contribution >= 0.6 is 11.3 Å². The minimum absolute atomic E-state index is 0.117. The molecule has 0 unspecified atom stereocenters. The normalized spacial score (nSPS) is 11.2. The summed E-state index contributed by atoms with van der Waals surface area (Å²) in [5.41, 5.74) is 2.31. The van der Waals surface area contributed by atoms with Crippen LogP contribution in [0.1, 0.15) is 45.2 Å². The van der Waals surface area contributed by atoms with Crippen LogP contribution in [0.15, 0.2) is 12.3 Å². The molecule has 0 fully saturated rings. The first-order valence-electron chi connectivity index (χ1n) is 6.25. The largest absolute Gasteiger partial charge is 0.378 e. The first-order chi connectivity index (χ1) is 8.50. The molecule has 2 heterocycles. The number of rotatable bonds is 2. The van der Waals surface area contributed by atoms with Crippen LogP contribution in [0, 0.1) is 0 Å². The fourth-order valence-corrected chi connectivity index (χ4v) is 2.32. The molecule has 0 aromatic carbocycles. The highest BCUT2D eigenvalue weighted by Crippen LogP contribution is 2.27. The smallest absolute Gasteiger partial charge is 0.143 e. The van der Waals surface area contributed by atoms with Crippen molar-refractivity contribution in [1.82, 2.24) is 9.97 Å². The molecule has 0 aliphatic rings. The number of pyridine rings is 1. The van der Waals surface area contributed by atoms with Crippen molar-refractivity contribution in [2.24, 2.45) is 0 Å². The van der Waals surface area contributed by atoms with E-state index in [2.05, 4.69) is 36.8 Å². The van der Waals surface area contributed by atoms with Crippen LogP contribution in [-0.2, 0) is 16.8 Å². The van der Waals surface area contributed by atoms with Crippen LogP contribution in [0.5, 0.6) is 0 Å². The van der Waals surface area contributed by atoms with Gasteiger partial charge >= 0.3 is 0 Å². The third-order valence-corrected chi connectivity index (χ3v) is 3.38. The minimum Gasteiger partial charge on any atom is -0.378 e. The summed E-state index contributed by atoms with van der Waals surface area (Å²) >= 11 is 1.59. The highest BCUT2D eigenvalue weighted by Gasteiger charge is 2.15. The van der Waals surface area contributed by atoms with Gasteiger partial charge < -0.3 is 4.74 Å². The van der Waals surface area contributed by atoms with E-state index >= 15 is 0 Å². The summed E-state index contributed by atoms with van der Waals surface area (Å²) < 4.78 is 5.08. The molecule has 0 bridgehead atoms. The number of thiazole rings is 1. The van der Waals surface area contributed by atoms with E-state index < -0.39 is 0 Å². The van der Waals surface area contributed by atoms with E-state index in [1.54, 1.807) is 18.4 Å². The molecule has 0 saturated carbocycles. The molecule has 2 rings (SSSR count). The van der Waals surface area contributed by atoms with Gasteiger partial charge in [-0.1, -0.05) is 46.0 Å². The Kier molecular flexibility index (Phi) is 5.23. The van der Waals surface area contributed by atoms with Crippen LogP contribution in [0.25, 0.3) is 10.3 Å². The lowest BCUT2D eigenvalue weighted by Crippen LogP contribution is -2.11. The Morgan fingerprint density at radius 3 is 2.50 bits per heavy atom. The molecule has 2 aromatic rings. The number of methoxy groups -OCH3 is 1. The Labute approximate surface area is 113 Å². The van der Waals surface area contributed by atoms with E-state index in [-0.39, 0.29) is 5.41 Å². The van der Waals surface area contributed by atoms with E-state index in [4.69, 9.17) is 4.74 Å². The third-order valence-electron chi connectivity index (χ3n) is 2.43. The average Bonchev–Trinajstić information content (AvgIpc) is 2.72. The van der Waals surface area contributed by atoms with Crippen LogP contribution < -0.4 is 0 Å². The number of nitrogens with zero attached hydrogens (tertiary/aromatic N) is 2.